The third-order valence-electron chi connectivity index (χ3n) is 2.36. The van der Waals surface area contributed by atoms with E-state index in [1.165, 1.54) is 0 Å². The quantitative estimate of drug-likeness (QED) is 0.833. The minimum Gasteiger partial charge on any atom is -0.288 e. The van der Waals surface area contributed by atoms with Crippen molar-refractivity contribution in [1.29, 1.82) is 0 Å². The molecule has 0 saturated carbocycles. The lowest BCUT2D eigenvalue weighted by Crippen LogP contribution is -2.23. The van der Waals surface area contributed by atoms with Gasteiger partial charge in [0.25, 0.3) is 10.1 Å². The Balaban J connectivity index is 2.89. The third kappa shape index (κ3) is 4.43. The minimum absolute atomic E-state index is 0.00498. The molecule has 0 fully saturated rings. The topological polar surface area (TPSA) is 66.8 Å². The second-order valence-corrected chi connectivity index (χ2v) is 5.72. The van der Waals surface area contributed by atoms with Crippen LogP contribution in [0.3, 0.4) is 0 Å². The number of hydrogen-bond donors (Lipinski definition) is 1. The normalized spacial score (nSPS) is 12.1. The molecule has 0 bridgehead atoms. The highest BCUT2D eigenvalue weighted by molar-refractivity contribution is 7.85. The van der Waals surface area contributed by atoms with E-state index < -0.39 is 10.1 Å². The average molecular weight is 259 g/mol. The molecule has 6 heteroatoms. The molecule has 0 aromatic heterocycles. The lowest BCUT2D eigenvalue weighted by atomic mass is 10.00. The molecule has 0 radical (unpaired) electrons. The van der Waals surface area contributed by atoms with Crippen LogP contribution in [0.1, 0.15) is 22.3 Å². The van der Waals surface area contributed by atoms with Gasteiger partial charge in [-0.15, -0.1) is 0 Å². The Morgan fingerprint density at radius 1 is 1.24 bits per heavy atom. The Morgan fingerprint density at radius 3 is 2.12 bits per heavy atom. The van der Waals surface area contributed by atoms with Crippen LogP contribution in [0.25, 0.3) is 0 Å². The molecule has 0 unspecified atom stereocenters. The van der Waals surface area contributed by atoms with Crippen molar-refractivity contribution in [2.45, 2.75) is 27.3 Å². The molecule has 1 aromatic rings. The lowest BCUT2D eigenvalue weighted by molar-refractivity contribution is -0.286. The fraction of sp³-hybridized carbons (Fsp3) is 0.455. The highest BCUT2D eigenvalue weighted by atomic mass is 32.2. The summed E-state index contributed by atoms with van der Waals surface area (Å²) >= 11 is 0. The molecular formula is C11H17NO4S. The summed E-state index contributed by atoms with van der Waals surface area (Å²) in [5.74, 6) is 0. The van der Waals surface area contributed by atoms with E-state index in [2.05, 4.69) is 4.28 Å². The Hall–Kier alpha value is -0.950. The fourth-order valence-corrected chi connectivity index (χ4v) is 2.14. The smallest absolute Gasteiger partial charge is 0.282 e. The van der Waals surface area contributed by atoms with E-state index in [-0.39, 0.29) is 6.54 Å². The van der Waals surface area contributed by atoms with Gasteiger partial charge in [-0.2, -0.15) is 12.7 Å². The maximum absolute atomic E-state index is 10.8. The third-order valence-corrected chi connectivity index (χ3v) is 2.80. The second-order valence-electron chi connectivity index (χ2n) is 4.17. The Kier molecular flexibility index (Phi) is 4.26. The van der Waals surface area contributed by atoms with Crippen molar-refractivity contribution < 1.29 is 17.9 Å². The molecule has 1 aromatic carbocycles. The SMILES string of the molecule is Cc1cc(C)c(CN(O)OS(C)(=O)=O)c(C)c1. The fourth-order valence-electron chi connectivity index (χ4n) is 1.78. The predicted molar refractivity (Wildman–Crippen MR) is 63.9 cm³/mol. The van der Waals surface area contributed by atoms with Crippen LogP contribution in [0.4, 0.5) is 0 Å². The minimum atomic E-state index is -3.70. The molecule has 0 saturated heterocycles. The summed E-state index contributed by atoms with van der Waals surface area (Å²) in [4.78, 5) is 0. The van der Waals surface area contributed by atoms with Crippen molar-refractivity contribution in [3.8, 4) is 0 Å². The molecule has 0 spiro atoms. The van der Waals surface area contributed by atoms with Crippen LogP contribution in [0.2, 0.25) is 0 Å². The van der Waals surface area contributed by atoms with E-state index in [1.807, 2.05) is 32.9 Å². The summed E-state index contributed by atoms with van der Waals surface area (Å²) in [7, 11) is -3.70. The van der Waals surface area contributed by atoms with Gasteiger partial charge in [-0.3, -0.25) is 5.21 Å². The molecule has 0 aliphatic carbocycles. The van der Waals surface area contributed by atoms with Crippen LogP contribution in [-0.2, 0) is 20.9 Å². The van der Waals surface area contributed by atoms with Gasteiger partial charge < -0.3 is 0 Å². The summed E-state index contributed by atoms with van der Waals surface area (Å²) in [6.45, 7) is 5.80. The summed E-state index contributed by atoms with van der Waals surface area (Å²) < 4.78 is 26.0. The van der Waals surface area contributed by atoms with Crippen molar-refractivity contribution in [3.63, 3.8) is 0 Å². The monoisotopic (exact) mass is 259 g/mol. The van der Waals surface area contributed by atoms with Crippen molar-refractivity contribution in [3.05, 3.63) is 34.4 Å². The molecule has 1 rings (SSSR count). The molecule has 0 aliphatic rings. The Bertz CT molecular complexity index is 487. The number of hydrogen-bond acceptors (Lipinski definition) is 5. The zero-order valence-electron chi connectivity index (χ0n) is 10.4. The summed E-state index contributed by atoms with van der Waals surface area (Å²) in [5.41, 5.74) is 3.94. The summed E-state index contributed by atoms with van der Waals surface area (Å²) in [6, 6.07) is 3.94. The standard InChI is InChI=1S/C11H17NO4S/c1-8-5-9(2)11(10(3)6-8)7-12(13)16-17(4,14)15/h5-6,13H,7H2,1-4H3. The summed E-state index contributed by atoms with van der Waals surface area (Å²) in [6.07, 6.45) is 0.880. The van der Waals surface area contributed by atoms with Gasteiger partial charge >= 0.3 is 0 Å². The van der Waals surface area contributed by atoms with Gasteiger partial charge in [-0.05, 0) is 42.7 Å². The van der Waals surface area contributed by atoms with E-state index in [1.54, 1.807) is 0 Å². The van der Waals surface area contributed by atoms with Gasteiger partial charge in [0, 0.05) is 0 Å². The zero-order chi connectivity index (χ0) is 13.2. The molecule has 0 heterocycles. The molecule has 5 nitrogen and oxygen atoms in total. The highest BCUT2D eigenvalue weighted by Gasteiger charge is 2.13. The van der Waals surface area contributed by atoms with Gasteiger partial charge in [-0.25, -0.2) is 0 Å². The van der Waals surface area contributed by atoms with Gasteiger partial charge in [0.05, 0.1) is 12.8 Å². The van der Waals surface area contributed by atoms with E-state index >= 15 is 0 Å². The molecule has 17 heavy (non-hydrogen) atoms. The van der Waals surface area contributed by atoms with E-state index in [0.29, 0.717) is 5.23 Å². The number of rotatable bonds is 4. The first-order chi connectivity index (χ1) is 7.69. The van der Waals surface area contributed by atoms with Crippen LogP contribution in [0.5, 0.6) is 0 Å². The lowest BCUT2D eigenvalue weighted by Gasteiger charge is -2.16. The second kappa shape index (κ2) is 5.14. The Labute approximate surface area is 102 Å². The average Bonchev–Trinajstić information content (AvgIpc) is 2.08. The van der Waals surface area contributed by atoms with Crippen molar-refractivity contribution in [2.75, 3.05) is 6.26 Å². The first-order valence-electron chi connectivity index (χ1n) is 5.12. The van der Waals surface area contributed by atoms with E-state index in [4.69, 9.17) is 0 Å². The summed E-state index contributed by atoms with van der Waals surface area (Å²) in [5, 5.41) is 9.72. The van der Waals surface area contributed by atoms with Gasteiger partial charge in [0.15, 0.2) is 0 Å². The van der Waals surface area contributed by atoms with Gasteiger partial charge in [-0.1, -0.05) is 17.7 Å². The maximum atomic E-state index is 10.8. The Morgan fingerprint density at radius 2 is 1.71 bits per heavy atom. The van der Waals surface area contributed by atoms with E-state index in [9.17, 15) is 13.6 Å². The maximum Gasteiger partial charge on any atom is 0.282 e. The van der Waals surface area contributed by atoms with Crippen molar-refractivity contribution in [2.24, 2.45) is 0 Å². The molecule has 0 atom stereocenters. The van der Waals surface area contributed by atoms with Crippen LogP contribution in [0, 0.1) is 20.8 Å². The largest absolute Gasteiger partial charge is 0.288 e. The first-order valence-corrected chi connectivity index (χ1v) is 6.93. The van der Waals surface area contributed by atoms with Gasteiger partial charge in [0.1, 0.15) is 0 Å². The molecular weight excluding hydrogens is 242 g/mol. The first kappa shape index (κ1) is 14.1. The molecule has 1 N–H and O–H groups in total. The zero-order valence-corrected chi connectivity index (χ0v) is 11.2. The molecule has 96 valence electrons. The highest BCUT2D eigenvalue weighted by Crippen LogP contribution is 2.18. The van der Waals surface area contributed by atoms with Crippen LogP contribution >= 0.6 is 0 Å². The van der Waals surface area contributed by atoms with E-state index in [0.717, 1.165) is 28.5 Å². The number of benzene rings is 1. The van der Waals surface area contributed by atoms with Gasteiger partial charge in [0.2, 0.25) is 0 Å². The molecule has 0 amide bonds. The molecule has 0 aliphatic heterocycles. The number of hydroxylamine groups is 2. The van der Waals surface area contributed by atoms with Crippen molar-refractivity contribution >= 4 is 10.1 Å². The van der Waals surface area contributed by atoms with Crippen molar-refractivity contribution in [1.82, 2.24) is 5.23 Å². The number of nitrogens with zero attached hydrogens (tertiary/aromatic N) is 1. The van der Waals surface area contributed by atoms with Crippen LogP contribution in [0.15, 0.2) is 12.1 Å². The number of aryl methyl sites for hydroxylation is 3. The van der Waals surface area contributed by atoms with Crippen LogP contribution in [-0.4, -0.2) is 25.1 Å². The predicted octanol–water partition coefficient (Wildman–Crippen LogP) is 1.69. The van der Waals surface area contributed by atoms with Crippen LogP contribution < -0.4 is 0 Å².